The van der Waals surface area contributed by atoms with Crippen molar-refractivity contribution in [2.24, 2.45) is 0 Å². The highest BCUT2D eigenvalue weighted by molar-refractivity contribution is 5.83. The second-order valence-corrected chi connectivity index (χ2v) is 6.89. The van der Waals surface area contributed by atoms with Gasteiger partial charge >= 0.3 is 0 Å². The van der Waals surface area contributed by atoms with E-state index in [9.17, 15) is 0 Å². The van der Waals surface area contributed by atoms with Gasteiger partial charge in [-0.05, 0) is 49.9 Å². The number of nitrogens with zero attached hydrogens (tertiary/aromatic N) is 2. The van der Waals surface area contributed by atoms with Crippen LogP contribution in [0.15, 0.2) is 42.9 Å². The fraction of sp³-hybridized carbons (Fsp3) is 0.350. The van der Waals surface area contributed by atoms with Gasteiger partial charge in [0.2, 0.25) is 0 Å². The molecule has 4 rings (SSSR count). The maximum atomic E-state index is 4.55. The van der Waals surface area contributed by atoms with Crippen molar-refractivity contribution in [3.05, 3.63) is 54.0 Å². The largest absolute Gasteiger partial charge is 0.340 e. The second-order valence-electron chi connectivity index (χ2n) is 6.89. The Morgan fingerprint density at radius 1 is 1.17 bits per heavy atom. The summed E-state index contributed by atoms with van der Waals surface area (Å²) in [5.41, 5.74) is 5.90. The Balaban J connectivity index is 1.62. The molecule has 0 spiro atoms. The molecule has 0 amide bonds. The highest BCUT2D eigenvalue weighted by Gasteiger charge is 2.31. The molecule has 1 aromatic heterocycles. The van der Waals surface area contributed by atoms with E-state index in [4.69, 9.17) is 0 Å². The van der Waals surface area contributed by atoms with E-state index < -0.39 is 0 Å². The minimum Gasteiger partial charge on any atom is -0.340 e. The van der Waals surface area contributed by atoms with Crippen LogP contribution in [-0.2, 0) is 0 Å². The van der Waals surface area contributed by atoms with Crippen LogP contribution in [0.4, 0.5) is 22.9 Å². The van der Waals surface area contributed by atoms with Gasteiger partial charge in [0.05, 0.1) is 17.6 Å². The fourth-order valence-corrected chi connectivity index (χ4v) is 3.72. The van der Waals surface area contributed by atoms with Gasteiger partial charge in [-0.3, -0.25) is 0 Å². The molecule has 124 valence electrons. The van der Waals surface area contributed by atoms with Gasteiger partial charge in [0.25, 0.3) is 0 Å². The SMILES string of the molecule is C=C1Nc2cnc(Nc3ccc(C)c(C)c3)cc2N1C1CCCC1. The van der Waals surface area contributed by atoms with Gasteiger partial charge in [0.1, 0.15) is 11.6 Å². The van der Waals surface area contributed by atoms with Crippen LogP contribution in [0.25, 0.3) is 0 Å². The number of hydrogen-bond acceptors (Lipinski definition) is 4. The van der Waals surface area contributed by atoms with E-state index >= 15 is 0 Å². The Kier molecular flexibility index (Phi) is 3.68. The summed E-state index contributed by atoms with van der Waals surface area (Å²) in [7, 11) is 0. The number of anilines is 4. The topological polar surface area (TPSA) is 40.2 Å². The number of aryl methyl sites for hydroxylation is 2. The van der Waals surface area contributed by atoms with Crippen molar-refractivity contribution in [1.29, 1.82) is 0 Å². The fourth-order valence-electron chi connectivity index (χ4n) is 3.72. The first-order chi connectivity index (χ1) is 11.6. The lowest BCUT2D eigenvalue weighted by atomic mass is 10.1. The Labute approximate surface area is 143 Å². The van der Waals surface area contributed by atoms with E-state index in [1.54, 1.807) is 0 Å². The lowest BCUT2D eigenvalue weighted by Crippen LogP contribution is -2.30. The lowest BCUT2D eigenvalue weighted by molar-refractivity contribution is 0.665. The molecule has 1 aliphatic heterocycles. The number of aromatic nitrogens is 1. The number of pyridine rings is 1. The van der Waals surface area contributed by atoms with Crippen LogP contribution in [0.5, 0.6) is 0 Å². The smallest absolute Gasteiger partial charge is 0.132 e. The van der Waals surface area contributed by atoms with Crippen molar-refractivity contribution in [3.63, 3.8) is 0 Å². The first-order valence-electron chi connectivity index (χ1n) is 8.71. The van der Waals surface area contributed by atoms with Gasteiger partial charge in [0, 0.05) is 17.8 Å². The summed E-state index contributed by atoms with van der Waals surface area (Å²) in [6, 6.07) is 9.09. The number of fused-ring (bicyclic) bond motifs is 1. The highest BCUT2D eigenvalue weighted by Crippen LogP contribution is 2.41. The van der Waals surface area contributed by atoms with Gasteiger partial charge in [-0.2, -0.15) is 0 Å². The van der Waals surface area contributed by atoms with E-state index in [0.717, 1.165) is 23.0 Å². The van der Waals surface area contributed by atoms with Crippen molar-refractivity contribution >= 4 is 22.9 Å². The molecule has 0 radical (unpaired) electrons. The number of rotatable bonds is 3. The minimum absolute atomic E-state index is 0.558. The summed E-state index contributed by atoms with van der Waals surface area (Å²) >= 11 is 0. The minimum atomic E-state index is 0.558. The first-order valence-corrected chi connectivity index (χ1v) is 8.71. The second kappa shape index (κ2) is 5.86. The quantitative estimate of drug-likeness (QED) is 0.826. The van der Waals surface area contributed by atoms with Crippen LogP contribution in [0.3, 0.4) is 0 Å². The molecule has 1 saturated carbocycles. The maximum Gasteiger partial charge on any atom is 0.132 e. The lowest BCUT2D eigenvalue weighted by Gasteiger charge is -2.26. The summed E-state index contributed by atoms with van der Waals surface area (Å²) < 4.78 is 0. The van der Waals surface area contributed by atoms with Crippen LogP contribution in [0.1, 0.15) is 36.8 Å². The van der Waals surface area contributed by atoms with Crippen LogP contribution in [-0.4, -0.2) is 11.0 Å². The van der Waals surface area contributed by atoms with Crippen molar-refractivity contribution < 1.29 is 0 Å². The van der Waals surface area contributed by atoms with E-state index in [-0.39, 0.29) is 0 Å². The molecule has 1 aliphatic carbocycles. The molecule has 1 fully saturated rings. The molecule has 4 nitrogen and oxygen atoms in total. The normalized spacial score (nSPS) is 17.1. The van der Waals surface area contributed by atoms with Crippen LogP contribution < -0.4 is 15.5 Å². The van der Waals surface area contributed by atoms with E-state index in [1.165, 1.54) is 42.5 Å². The third-order valence-corrected chi connectivity index (χ3v) is 5.18. The summed E-state index contributed by atoms with van der Waals surface area (Å²) in [6.07, 6.45) is 6.99. The average Bonchev–Trinajstić information content (AvgIpc) is 3.17. The number of benzene rings is 1. The van der Waals surface area contributed by atoms with Crippen LogP contribution >= 0.6 is 0 Å². The van der Waals surface area contributed by atoms with Crippen molar-refractivity contribution in [2.45, 2.75) is 45.6 Å². The third-order valence-electron chi connectivity index (χ3n) is 5.18. The van der Waals surface area contributed by atoms with Gasteiger partial charge in [-0.15, -0.1) is 0 Å². The van der Waals surface area contributed by atoms with Crippen molar-refractivity contribution in [3.8, 4) is 0 Å². The summed E-state index contributed by atoms with van der Waals surface area (Å²) in [4.78, 5) is 6.91. The number of hydrogen-bond donors (Lipinski definition) is 2. The van der Waals surface area contributed by atoms with Gasteiger partial charge in [-0.1, -0.05) is 25.5 Å². The Morgan fingerprint density at radius 3 is 2.71 bits per heavy atom. The third kappa shape index (κ3) is 2.62. The highest BCUT2D eigenvalue weighted by atomic mass is 15.3. The monoisotopic (exact) mass is 320 g/mol. The van der Waals surface area contributed by atoms with Gasteiger partial charge < -0.3 is 15.5 Å². The predicted molar refractivity (Wildman–Crippen MR) is 101 cm³/mol. The molecule has 2 aliphatic rings. The molecule has 2 heterocycles. The maximum absolute atomic E-state index is 4.55. The average molecular weight is 320 g/mol. The van der Waals surface area contributed by atoms with Crippen LogP contribution in [0.2, 0.25) is 0 Å². The first kappa shape index (κ1) is 15.1. The Bertz CT molecular complexity index is 790. The zero-order valence-corrected chi connectivity index (χ0v) is 14.4. The van der Waals surface area contributed by atoms with Gasteiger partial charge in [-0.25, -0.2) is 4.98 Å². The molecule has 4 heteroatoms. The molecule has 0 atom stereocenters. The van der Waals surface area contributed by atoms with Crippen molar-refractivity contribution in [2.75, 3.05) is 15.5 Å². The molecule has 24 heavy (non-hydrogen) atoms. The molecule has 2 aromatic rings. The van der Waals surface area contributed by atoms with E-state index in [0.29, 0.717) is 6.04 Å². The standard InChI is InChI=1S/C20H24N4/c1-13-8-9-16(10-14(13)2)23-20-11-19-18(12-21-20)22-15(3)24(19)17-6-4-5-7-17/h8-12,17,22H,3-7H2,1-2H3,(H,21,23). The molecule has 2 N–H and O–H groups in total. The summed E-state index contributed by atoms with van der Waals surface area (Å²) in [5, 5.41) is 6.81. The Morgan fingerprint density at radius 2 is 1.96 bits per heavy atom. The van der Waals surface area contributed by atoms with E-state index in [1.807, 2.05) is 6.20 Å². The van der Waals surface area contributed by atoms with Crippen LogP contribution in [0, 0.1) is 13.8 Å². The number of nitrogens with one attached hydrogen (secondary N) is 2. The summed E-state index contributed by atoms with van der Waals surface area (Å²) in [6.45, 7) is 8.46. The molecule has 0 unspecified atom stereocenters. The molecular weight excluding hydrogens is 296 g/mol. The van der Waals surface area contributed by atoms with Gasteiger partial charge in [0.15, 0.2) is 0 Å². The molecule has 0 bridgehead atoms. The predicted octanol–water partition coefficient (Wildman–Crippen LogP) is 5.09. The van der Waals surface area contributed by atoms with E-state index in [2.05, 4.69) is 65.2 Å². The van der Waals surface area contributed by atoms with Crippen molar-refractivity contribution in [1.82, 2.24) is 4.98 Å². The molecular formula is C20H24N4. The molecule has 0 saturated heterocycles. The summed E-state index contributed by atoms with van der Waals surface area (Å²) in [5.74, 6) is 1.85. The molecule has 1 aromatic carbocycles. The Hall–Kier alpha value is -2.49. The zero-order valence-electron chi connectivity index (χ0n) is 14.4. The zero-order chi connectivity index (χ0) is 16.7.